The number of hydrogen-bond donors (Lipinski definition) is 1. The number of anilines is 1. The van der Waals surface area contributed by atoms with E-state index in [2.05, 4.69) is 5.32 Å². The Morgan fingerprint density at radius 3 is 2.12 bits per heavy atom. The van der Waals surface area contributed by atoms with Gasteiger partial charge >= 0.3 is 0 Å². The summed E-state index contributed by atoms with van der Waals surface area (Å²) in [7, 11) is -4.16. The molecule has 43 heavy (non-hydrogen) atoms. The molecule has 1 atom stereocenters. The van der Waals surface area contributed by atoms with Gasteiger partial charge in [0.1, 0.15) is 12.6 Å². The van der Waals surface area contributed by atoms with Crippen LogP contribution in [0.1, 0.15) is 61.3 Å². The fraction of sp³-hybridized carbons (Fsp3) is 0.394. The van der Waals surface area contributed by atoms with Crippen LogP contribution in [0, 0.1) is 20.8 Å². The molecule has 0 aliphatic heterocycles. The van der Waals surface area contributed by atoms with E-state index in [9.17, 15) is 18.0 Å². The molecule has 0 spiro atoms. The third-order valence-corrected chi connectivity index (χ3v) is 10.5. The third kappa shape index (κ3) is 7.91. The van der Waals surface area contributed by atoms with Crippen molar-refractivity contribution in [2.24, 2.45) is 0 Å². The Morgan fingerprint density at radius 2 is 1.51 bits per heavy atom. The Labute approximate surface area is 265 Å². The second kappa shape index (κ2) is 14.1. The van der Waals surface area contributed by atoms with Crippen molar-refractivity contribution >= 4 is 50.7 Å². The second-order valence-corrected chi connectivity index (χ2v) is 14.0. The summed E-state index contributed by atoms with van der Waals surface area (Å²) in [5.41, 5.74) is 3.44. The molecule has 0 aromatic heterocycles. The number of halogens is 2. The zero-order valence-corrected chi connectivity index (χ0v) is 27.4. The SMILES string of the molecule is Cc1ccc(S(=O)(=O)N(CC(=O)N(Cc2c(Cl)cccc2Cl)[C@H](C)C(=O)NC2CCCCC2)c2ccc(C)cc2C)cc1. The van der Waals surface area contributed by atoms with Gasteiger partial charge in [-0.15, -0.1) is 0 Å². The summed E-state index contributed by atoms with van der Waals surface area (Å²) in [6, 6.07) is 16.1. The van der Waals surface area contributed by atoms with Crippen molar-refractivity contribution in [1.82, 2.24) is 10.2 Å². The van der Waals surface area contributed by atoms with Crippen LogP contribution in [0.25, 0.3) is 0 Å². The number of hydrogen-bond acceptors (Lipinski definition) is 4. The predicted molar refractivity (Wildman–Crippen MR) is 173 cm³/mol. The van der Waals surface area contributed by atoms with Crippen LogP contribution in [0.4, 0.5) is 5.69 Å². The summed E-state index contributed by atoms with van der Waals surface area (Å²) in [5, 5.41) is 3.80. The van der Waals surface area contributed by atoms with Crippen molar-refractivity contribution in [3.63, 3.8) is 0 Å². The molecule has 0 bridgehead atoms. The average molecular weight is 645 g/mol. The molecule has 0 saturated heterocycles. The third-order valence-electron chi connectivity index (χ3n) is 8.02. The largest absolute Gasteiger partial charge is 0.352 e. The van der Waals surface area contributed by atoms with Gasteiger partial charge in [-0.25, -0.2) is 8.42 Å². The second-order valence-electron chi connectivity index (χ2n) is 11.4. The molecule has 1 fully saturated rings. The van der Waals surface area contributed by atoms with Gasteiger partial charge in [0.2, 0.25) is 11.8 Å². The molecule has 1 aliphatic carbocycles. The molecule has 2 amide bonds. The summed E-state index contributed by atoms with van der Waals surface area (Å²) >= 11 is 13.0. The number of carbonyl (C=O) groups is 2. The lowest BCUT2D eigenvalue weighted by Crippen LogP contribution is -2.53. The van der Waals surface area contributed by atoms with E-state index in [0.29, 0.717) is 26.9 Å². The van der Waals surface area contributed by atoms with E-state index in [1.807, 2.05) is 32.9 Å². The van der Waals surface area contributed by atoms with Crippen LogP contribution in [-0.2, 0) is 26.2 Å². The molecule has 0 radical (unpaired) electrons. The van der Waals surface area contributed by atoms with Gasteiger partial charge in [-0.3, -0.25) is 13.9 Å². The fourth-order valence-electron chi connectivity index (χ4n) is 5.44. The highest BCUT2D eigenvalue weighted by Gasteiger charge is 2.34. The van der Waals surface area contributed by atoms with Crippen LogP contribution in [0.3, 0.4) is 0 Å². The van der Waals surface area contributed by atoms with Crippen LogP contribution in [0.2, 0.25) is 10.0 Å². The maximum Gasteiger partial charge on any atom is 0.264 e. The molecular formula is C33H39Cl2N3O4S. The van der Waals surface area contributed by atoms with Crippen molar-refractivity contribution in [3.05, 3.63) is 93.0 Å². The van der Waals surface area contributed by atoms with Crippen molar-refractivity contribution in [3.8, 4) is 0 Å². The van der Waals surface area contributed by atoms with E-state index in [1.54, 1.807) is 43.3 Å². The van der Waals surface area contributed by atoms with Crippen LogP contribution >= 0.6 is 23.2 Å². The monoisotopic (exact) mass is 643 g/mol. The highest BCUT2D eigenvalue weighted by Crippen LogP contribution is 2.30. The molecule has 10 heteroatoms. The van der Waals surface area contributed by atoms with Crippen LogP contribution < -0.4 is 9.62 Å². The van der Waals surface area contributed by atoms with Gasteiger partial charge in [0.05, 0.1) is 10.6 Å². The highest BCUT2D eigenvalue weighted by atomic mass is 35.5. The predicted octanol–water partition coefficient (Wildman–Crippen LogP) is 6.98. The first-order valence-electron chi connectivity index (χ1n) is 14.6. The van der Waals surface area contributed by atoms with E-state index < -0.39 is 28.5 Å². The Hall–Kier alpha value is -3.07. The van der Waals surface area contributed by atoms with Crippen LogP contribution in [-0.4, -0.2) is 43.8 Å². The average Bonchev–Trinajstić information content (AvgIpc) is 2.96. The van der Waals surface area contributed by atoms with Crippen LogP contribution in [0.5, 0.6) is 0 Å². The molecule has 4 rings (SSSR count). The van der Waals surface area contributed by atoms with Gasteiger partial charge in [-0.2, -0.15) is 0 Å². The lowest BCUT2D eigenvalue weighted by molar-refractivity contribution is -0.139. The van der Waals surface area contributed by atoms with E-state index >= 15 is 0 Å². The van der Waals surface area contributed by atoms with Gasteiger partial charge in [0.15, 0.2) is 0 Å². The zero-order chi connectivity index (χ0) is 31.3. The van der Waals surface area contributed by atoms with Gasteiger partial charge in [0.25, 0.3) is 10.0 Å². The molecule has 1 saturated carbocycles. The molecule has 0 heterocycles. The normalized spacial score (nSPS) is 14.7. The van der Waals surface area contributed by atoms with E-state index in [-0.39, 0.29) is 23.4 Å². The smallest absolute Gasteiger partial charge is 0.264 e. The number of sulfonamides is 1. The summed E-state index contributed by atoms with van der Waals surface area (Å²) in [6.07, 6.45) is 5.00. The number of nitrogens with zero attached hydrogens (tertiary/aromatic N) is 2. The molecule has 1 aliphatic rings. The maximum atomic E-state index is 14.3. The van der Waals surface area contributed by atoms with E-state index in [4.69, 9.17) is 23.2 Å². The quantitative estimate of drug-likeness (QED) is 0.258. The minimum absolute atomic E-state index is 0.0400. The number of benzene rings is 3. The molecular weight excluding hydrogens is 605 g/mol. The Bertz CT molecular complexity index is 1550. The number of aryl methyl sites for hydroxylation is 3. The van der Waals surface area contributed by atoms with Crippen molar-refractivity contribution in [2.75, 3.05) is 10.8 Å². The molecule has 0 unspecified atom stereocenters. The standard InChI is InChI=1S/C33H39Cl2N3O4S/c1-22-13-16-27(17-14-22)43(41,42)38(31-18-15-23(2)19-24(31)3)21-32(39)37(20-28-29(34)11-8-12-30(28)35)25(4)33(40)36-26-9-6-5-7-10-26/h8,11-19,25-26H,5-7,9-10,20-21H2,1-4H3,(H,36,40)/t25-/m1/s1. The number of carbonyl (C=O) groups excluding carboxylic acids is 2. The fourth-order valence-corrected chi connectivity index (χ4v) is 7.44. The summed E-state index contributed by atoms with van der Waals surface area (Å²) in [5.74, 6) is -0.860. The first-order chi connectivity index (χ1) is 20.4. The zero-order valence-electron chi connectivity index (χ0n) is 25.1. The molecule has 1 N–H and O–H groups in total. The minimum Gasteiger partial charge on any atom is -0.352 e. The molecule has 7 nitrogen and oxygen atoms in total. The maximum absolute atomic E-state index is 14.3. The van der Waals surface area contributed by atoms with Gasteiger partial charge < -0.3 is 10.2 Å². The Morgan fingerprint density at radius 1 is 0.907 bits per heavy atom. The van der Waals surface area contributed by atoms with E-state index in [1.165, 1.54) is 17.0 Å². The van der Waals surface area contributed by atoms with Crippen molar-refractivity contribution in [2.45, 2.75) is 83.3 Å². The summed E-state index contributed by atoms with van der Waals surface area (Å²) < 4.78 is 29.3. The van der Waals surface area contributed by atoms with Gasteiger partial charge in [0, 0.05) is 28.2 Å². The summed E-state index contributed by atoms with van der Waals surface area (Å²) in [4.78, 5) is 29.2. The minimum atomic E-state index is -4.16. The van der Waals surface area contributed by atoms with Gasteiger partial charge in [-0.05, 0) is 76.4 Å². The number of rotatable bonds is 10. The highest BCUT2D eigenvalue weighted by molar-refractivity contribution is 7.92. The van der Waals surface area contributed by atoms with Crippen LogP contribution in [0.15, 0.2) is 65.6 Å². The number of amides is 2. The lowest BCUT2D eigenvalue weighted by atomic mass is 9.95. The van der Waals surface area contributed by atoms with Gasteiger partial charge in [-0.1, -0.05) is 83.9 Å². The van der Waals surface area contributed by atoms with Crippen molar-refractivity contribution < 1.29 is 18.0 Å². The van der Waals surface area contributed by atoms with E-state index in [0.717, 1.165) is 47.5 Å². The molecule has 3 aromatic rings. The molecule has 230 valence electrons. The topological polar surface area (TPSA) is 86.8 Å². The number of nitrogens with one attached hydrogen (secondary N) is 1. The lowest BCUT2D eigenvalue weighted by Gasteiger charge is -2.34. The Balaban J connectivity index is 1.73. The Kier molecular flexibility index (Phi) is 10.8. The summed E-state index contributed by atoms with van der Waals surface area (Å²) in [6.45, 7) is 6.66. The molecule has 3 aromatic carbocycles. The first kappa shape index (κ1) is 32.8. The first-order valence-corrected chi connectivity index (χ1v) is 16.8. The van der Waals surface area contributed by atoms with Crippen molar-refractivity contribution in [1.29, 1.82) is 0 Å².